The number of carbonyl (C=O) groups excluding carboxylic acids is 1. The van der Waals surface area contributed by atoms with Crippen molar-refractivity contribution in [2.75, 3.05) is 26.6 Å². The molecule has 2 aromatic carbocycles. The molecule has 4 aromatic rings. The second-order valence-corrected chi connectivity index (χ2v) is 6.94. The first-order valence-electron chi connectivity index (χ1n) is 10.4. The third-order valence-electron chi connectivity index (χ3n) is 4.81. The zero-order chi connectivity index (χ0) is 24.8. The van der Waals surface area contributed by atoms with Gasteiger partial charge in [-0.05, 0) is 65.3 Å². The highest BCUT2D eigenvalue weighted by Crippen LogP contribution is 2.28. The molecule has 4 rings (SSSR count). The summed E-state index contributed by atoms with van der Waals surface area (Å²) in [5.41, 5.74) is 9.88. The van der Waals surface area contributed by atoms with Crippen LogP contribution in [0, 0.1) is 0 Å². The maximum absolute atomic E-state index is 13.0. The molecule has 13 nitrogen and oxygen atoms in total. The van der Waals surface area contributed by atoms with Gasteiger partial charge in [0.2, 0.25) is 11.6 Å². The Kier molecular flexibility index (Phi) is 6.86. The number of carbonyl (C=O) groups is 1. The SMILES string of the molecule is CCOc1ccc(-c2c(C(=O)NN=Cc3ccc(OC)c(OC)c3)nnn2-c2nonc2N)cc1. The molecular weight excluding hydrogens is 456 g/mol. The van der Waals surface area contributed by atoms with Crippen molar-refractivity contribution in [1.82, 2.24) is 30.7 Å². The smallest absolute Gasteiger partial charge is 0.294 e. The minimum Gasteiger partial charge on any atom is -0.494 e. The lowest BCUT2D eigenvalue weighted by Crippen LogP contribution is -2.19. The number of nitrogens with zero attached hydrogens (tertiary/aromatic N) is 6. The van der Waals surface area contributed by atoms with Gasteiger partial charge in [0.15, 0.2) is 17.2 Å². The molecule has 2 heterocycles. The minimum atomic E-state index is -0.605. The zero-order valence-electron chi connectivity index (χ0n) is 19.1. The van der Waals surface area contributed by atoms with Gasteiger partial charge in [-0.2, -0.15) is 9.78 Å². The number of nitrogens with one attached hydrogen (secondary N) is 1. The molecule has 3 N–H and O–H groups in total. The number of ether oxygens (including phenoxy) is 3. The molecule has 2 aromatic heterocycles. The Morgan fingerprint density at radius 1 is 1.14 bits per heavy atom. The number of hydrogen-bond acceptors (Lipinski definition) is 11. The van der Waals surface area contributed by atoms with E-state index in [1.165, 1.54) is 18.0 Å². The van der Waals surface area contributed by atoms with E-state index >= 15 is 0 Å². The van der Waals surface area contributed by atoms with E-state index in [4.69, 9.17) is 19.9 Å². The molecule has 0 saturated carbocycles. The topological polar surface area (TPSA) is 165 Å². The summed E-state index contributed by atoms with van der Waals surface area (Å²) in [4.78, 5) is 13.0. The number of nitrogen functional groups attached to an aromatic ring is 1. The highest BCUT2D eigenvalue weighted by molar-refractivity contribution is 5.98. The van der Waals surface area contributed by atoms with Crippen LogP contribution in [-0.2, 0) is 0 Å². The van der Waals surface area contributed by atoms with E-state index in [2.05, 4.69) is 35.8 Å². The molecule has 1 amide bonds. The minimum absolute atomic E-state index is 0.0129. The van der Waals surface area contributed by atoms with Crippen molar-refractivity contribution in [2.24, 2.45) is 5.10 Å². The number of amides is 1. The second-order valence-electron chi connectivity index (χ2n) is 6.94. The Balaban J connectivity index is 1.64. The van der Waals surface area contributed by atoms with E-state index in [9.17, 15) is 4.79 Å². The monoisotopic (exact) mass is 478 g/mol. The Morgan fingerprint density at radius 2 is 1.91 bits per heavy atom. The maximum Gasteiger partial charge on any atom is 0.294 e. The predicted octanol–water partition coefficient (Wildman–Crippen LogP) is 2.08. The van der Waals surface area contributed by atoms with Crippen molar-refractivity contribution < 1.29 is 23.6 Å². The number of nitrogens with two attached hydrogens (primary N) is 1. The van der Waals surface area contributed by atoms with Crippen LogP contribution >= 0.6 is 0 Å². The molecule has 0 radical (unpaired) electrons. The van der Waals surface area contributed by atoms with Gasteiger partial charge in [-0.15, -0.1) is 5.10 Å². The van der Waals surface area contributed by atoms with Crippen LogP contribution in [0.15, 0.2) is 52.2 Å². The summed E-state index contributed by atoms with van der Waals surface area (Å²) >= 11 is 0. The molecule has 0 aliphatic carbocycles. The van der Waals surface area contributed by atoms with Crippen molar-refractivity contribution in [1.29, 1.82) is 0 Å². The summed E-state index contributed by atoms with van der Waals surface area (Å²) in [5, 5.41) is 19.4. The third kappa shape index (κ3) is 4.88. The number of anilines is 1. The lowest BCUT2D eigenvalue weighted by Gasteiger charge is -2.08. The van der Waals surface area contributed by atoms with Gasteiger partial charge in [-0.1, -0.05) is 5.21 Å². The van der Waals surface area contributed by atoms with E-state index in [0.717, 1.165) is 0 Å². The maximum atomic E-state index is 13.0. The number of hydrogen-bond donors (Lipinski definition) is 2. The predicted molar refractivity (Wildman–Crippen MR) is 125 cm³/mol. The van der Waals surface area contributed by atoms with Crippen molar-refractivity contribution in [2.45, 2.75) is 6.92 Å². The van der Waals surface area contributed by atoms with Gasteiger partial charge >= 0.3 is 0 Å². The number of rotatable bonds is 9. The standard InChI is InChI=1S/C22H22N8O5/c1-4-34-15-8-6-14(7-9-15)19-18(25-29-30(19)21-20(23)27-35-28-21)22(31)26-24-12-13-5-10-16(32-2)17(11-13)33-3/h5-12H,4H2,1-3H3,(H2,23,27)(H,26,31). The zero-order valence-corrected chi connectivity index (χ0v) is 19.1. The first-order valence-corrected chi connectivity index (χ1v) is 10.4. The first kappa shape index (κ1) is 23.2. The fraction of sp³-hybridized carbons (Fsp3) is 0.182. The molecular formula is C22H22N8O5. The lowest BCUT2D eigenvalue weighted by atomic mass is 10.1. The fourth-order valence-electron chi connectivity index (χ4n) is 3.21. The molecule has 35 heavy (non-hydrogen) atoms. The summed E-state index contributed by atoms with van der Waals surface area (Å²) in [6, 6.07) is 12.2. The molecule has 0 saturated heterocycles. The van der Waals surface area contributed by atoms with E-state index in [0.29, 0.717) is 40.7 Å². The molecule has 0 aliphatic rings. The number of aromatic nitrogens is 5. The fourth-order valence-corrected chi connectivity index (χ4v) is 3.21. The average molecular weight is 478 g/mol. The highest BCUT2D eigenvalue weighted by Gasteiger charge is 2.25. The van der Waals surface area contributed by atoms with Crippen molar-refractivity contribution in [3.63, 3.8) is 0 Å². The van der Waals surface area contributed by atoms with Gasteiger partial charge in [0.1, 0.15) is 11.4 Å². The molecule has 0 unspecified atom stereocenters. The Hall–Kier alpha value is -4.94. The molecule has 0 aliphatic heterocycles. The Bertz CT molecular complexity index is 1350. The number of benzene rings is 2. The van der Waals surface area contributed by atoms with Crippen LogP contribution < -0.4 is 25.4 Å². The van der Waals surface area contributed by atoms with Crippen molar-refractivity contribution in [3.8, 4) is 34.3 Å². The second kappa shape index (κ2) is 10.3. The van der Waals surface area contributed by atoms with Crippen LogP contribution in [0.2, 0.25) is 0 Å². The quantitative estimate of drug-likeness (QED) is 0.269. The first-order chi connectivity index (χ1) is 17.0. The van der Waals surface area contributed by atoms with Crippen LogP contribution in [-0.4, -0.2) is 58.3 Å². The Morgan fingerprint density at radius 3 is 2.57 bits per heavy atom. The van der Waals surface area contributed by atoms with Gasteiger partial charge in [-0.25, -0.2) is 10.1 Å². The lowest BCUT2D eigenvalue weighted by molar-refractivity contribution is 0.0950. The molecule has 0 bridgehead atoms. The van der Waals surface area contributed by atoms with Crippen LogP contribution in [0.5, 0.6) is 17.2 Å². The summed E-state index contributed by atoms with van der Waals surface area (Å²) < 4.78 is 21.9. The molecule has 180 valence electrons. The molecule has 0 fully saturated rings. The summed E-state index contributed by atoms with van der Waals surface area (Å²) in [6.07, 6.45) is 1.46. The van der Waals surface area contributed by atoms with E-state index < -0.39 is 5.91 Å². The molecule has 0 spiro atoms. The highest BCUT2D eigenvalue weighted by atomic mass is 16.6. The van der Waals surface area contributed by atoms with Gasteiger partial charge < -0.3 is 19.9 Å². The van der Waals surface area contributed by atoms with Crippen LogP contribution in [0.4, 0.5) is 5.82 Å². The van der Waals surface area contributed by atoms with Gasteiger partial charge in [0, 0.05) is 5.56 Å². The third-order valence-corrected chi connectivity index (χ3v) is 4.81. The largest absolute Gasteiger partial charge is 0.494 e. The van der Waals surface area contributed by atoms with E-state index in [1.807, 2.05) is 6.92 Å². The number of methoxy groups -OCH3 is 2. The summed E-state index contributed by atoms with van der Waals surface area (Å²) in [6.45, 7) is 2.41. The van der Waals surface area contributed by atoms with Crippen LogP contribution in [0.25, 0.3) is 17.1 Å². The van der Waals surface area contributed by atoms with Crippen LogP contribution in [0.1, 0.15) is 23.0 Å². The molecule has 0 atom stereocenters. The average Bonchev–Trinajstić information content (AvgIpc) is 3.50. The van der Waals surface area contributed by atoms with Gasteiger partial charge in [-0.3, -0.25) is 4.79 Å². The summed E-state index contributed by atoms with van der Waals surface area (Å²) in [5.74, 6) is 1.25. The number of hydrazone groups is 1. The van der Waals surface area contributed by atoms with Crippen LogP contribution in [0.3, 0.4) is 0 Å². The van der Waals surface area contributed by atoms with E-state index in [-0.39, 0.29) is 17.3 Å². The van der Waals surface area contributed by atoms with Crippen molar-refractivity contribution >= 4 is 17.9 Å². The Labute approximate surface area is 199 Å². The van der Waals surface area contributed by atoms with E-state index in [1.54, 1.807) is 49.6 Å². The summed E-state index contributed by atoms with van der Waals surface area (Å²) in [7, 11) is 3.08. The normalized spacial score (nSPS) is 10.9. The van der Waals surface area contributed by atoms with Gasteiger partial charge in [0.25, 0.3) is 5.91 Å². The van der Waals surface area contributed by atoms with Gasteiger partial charge in [0.05, 0.1) is 27.0 Å². The van der Waals surface area contributed by atoms with Crippen molar-refractivity contribution in [3.05, 3.63) is 53.7 Å². The molecule has 13 heteroatoms.